The quantitative estimate of drug-likeness (QED) is 0.0318. The van der Waals surface area contributed by atoms with E-state index in [-0.39, 0.29) is 85.5 Å². The molecule has 1 saturated heterocycles. The van der Waals surface area contributed by atoms with Gasteiger partial charge in [0.2, 0.25) is 29.6 Å². The minimum absolute atomic E-state index is 0.0184. The normalized spacial score (nSPS) is 14.7. The van der Waals surface area contributed by atoms with E-state index >= 15 is 0 Å². The molecule has 8 rings (SSSR count). The Bertz CT molecular complexity index is 3370. The maximum Gasteiger partial charge on any atom is 0.256 e. The minimum Gasteiger partial charge on any atom is -0.495 e. The third-order valence-corrected chi connectivity index (χ3v) is 14.9. The summed E-state index contributed by atoms with van der Waals surface area (Å²) in [6.45, 7) is 7.56. The number of fused-ring (bicyclic) bond motifs is 2. The van der Waals surface area contributed by atoms with Gasteiger partial charge >= 0.3 is 0 Å². The first kappa shape index (κ1) is 56.9. The number of ether oxygens (including phenoxy) is 1. The fourth-order valence-corrected chi connectivity index (χ4v) is 10.4. The summed E-state index contributed by atoms with van der Waals surface area (Å²) >= 11 is 1.56. The molecule has 1 aliphatic heterocycles. The van der Waals surface area contributed by atoms with Gasteiger partial charge in [-0.2, -0.15) is 9.97 Å². The zero-order valence-electron chi connectivity index (χ0n) is 45.4. The molecule has 0 saturated carbocycles. The van der Waals surface area contributed by atoms with E-state index in [9.17, 15) is 38.3 Å². The van der Waals surface area contributed by atoms with Gasteiger partial charge in [0.25, 0.3) is 11.8 Å². The molecule has 3 atom stereocenters. The van der Waals surface area contributed by atoms with E-state index in [2.05, 4.69) is 46.5 Å². The van der Waals surface area contributed by atoms with Crippen LogP contribution in [0.1, 0.15) is 98.5 Å². The van der Waals surface area contributed by atoms with Crippen LogP contribution in [0.3, 0.4) is 0 Å². The van der Waals surface area contributed by atoms with Gasteiger partial charge in [0.15, 0.2) is 0 Å². The summed E-state index contributed by atoms with van der Waals surface area (Å²) < 4.78 is 22.0. The van der Waals surface area contributed by atoms with Gasteiger partial charge in [0.05, 0.1) is 57.1 Å². The van der Waals surface area contributed by atoms with Crippen LogP contribution in [-0.2, 0) is 25.7 Å². The van der Waals surface area contributed by atoms with Crippen molar-refractivity contribution in [3.05, 3.63) is 107 Å². The first-order valence-corrected chi connectivity index (χ1v) is 27.1. The standard InChI is InChI=1S/C57H67FN12O8S/c1-33-49(79-32-62-33)35-20-18-34(19-21-35)29-61-53(75)43-27-37(71)30-70(43)55(77)50(57(2,3)4)65-45(72)16-11-9-8-10-12-17-46(73)68(6)31-47(74)69-25-23-36-26-44(78-7)41(28-42(36)69)64-56-66-51-38(22-24-60-51)52(67-56)63-40-15-13-14-39(58)48(40)54(76)59-5/h13-15,18-26,28,32,37,43,50,71H,8-12,16-17,27,29-31H2,1-7H3,(H,59,76)(H,61,75)(H,65,72)(H3,60,63,64,66,67)/t37-,43+,50-/m1/s1. The molecule has 416 valence electrons. The Hall–Kier alpha value is -8.24. The minimum atomic E-state index is -0.930. The van der Waals surface area contributed by atoms with Crippen LogP contribution >= 0.6 is 11.3 Å². The number of aromatic amines is 1. The summed E-state index contributed by atoms with van der Waals surface area (Å²) in [6.07, 6.45) is 6.31. The molecule has 0 spiro atoms. The van der Waals surface area contributed by atoms with Crippen LogP contribution in [0.15, 0.2) is 84.6 Å². The highest BCUT2D eigenvalue weighted by Gasteiger charge is 2.44. The summed E-state index contributed by atoms with van der Waals surface area (Å²) in [6, 6.07) is 17.3. The lowest BCUT2D eigenvalue weighted by atomic mass is 9.85. The second-order valence-corrected chi connectivity index (χ2v) is 21.6. The Balaban J connectivity index is 0.787. The fraction of sp³-hybridized carbons (Fsp3) is 0.386. The molecule has 0 radical (unpaired) electrons. The van der Waals surface area contributed by atoms with Gasteiger partial charge in [-0.25, -0.2) is 9.37 Å². The van der Waals surface area contributed by atoms with Crippen molar-refractivity contribution in [3.63, 3.8) is 0 Å². The molecule has 0 aliphatic carbocycles. The van der Waals surface area contributed by atoms with Crippen LogP contribution < -0.4 is 31.3 Å². The first-order chi connectivity index (χ1) is 37.8. The lowest BCUT2D eigenvalue weighted by Crippen LogP contribution is -2.57. The molecule has 0 bridgehead atoms. The predicted octanol–water partition coefficient (Wildman–Crippen LogP) is 7.98. The smallest absolute Gasteiger partial charge is 0.256 e. The number of halogens is 1. The Labute approximate surface area is 460 Å². The van der Waals surface area contributed by atoms with E-state index in [1.807, 2.05) is 52.0 Å². The summed E-state index contributed by atoms with van der Waals surface area (Å²) in [7, 11) is 4.51. The SMILES string of the molecule is CNC(=O)c1c(F)cccc1Nc1nc(Nc2cc3c(ccn3C(=O)CN(C)C(=O)CCCCCCCC(=O)N[C@H](C(=O)N3C[C@H](O)C[C@H]3C(=O)NCc3ccc(-c4scnc4C)cc3)C(C)(C)C)cc2OC)nc2[nH]ccc12. The molecule has 4 aromatic heterocycles. The van der Waals surface area contributed by atoms with Gasteiger partial charge in [0, 0.05) is 64.2 Å². The summed E-state index contributed by atoms with van der Waals surface area (Å²) in [4.78, 5) is 101. The Morgan fingerprint density at radius 3 is 2.41 bits per heavy atom. The maximum absolute atomic E-state index is 14.8. The van der Waals surface area contributed by atoms with Crippen molar-refractivity contribution in [1.29, 1.82) is 0 Å². The third kappa shape index (κ3) is 13.5. The maximum atomic E-state index is 14.8. The van der Waals surface area contributed by atoms with Crippen molar-refractivity contribution < 1.29 is 43.0 Å². The zero-order chi connectivity index (χ0) is 56.5. The van der Waals surface area contributed by atoms with Crippen LogP contribution in [0.5, 0.6) is 5.75 Å². The number of unbranched alkanes of at least 4 members (excludes halogenated alkanes) is 4. The number of aliphatic hydroxyl groups is 1. The van der Waals surface area contributed by atoms with Crippen LogP contribution in [0.4, 0.5) is 27.5 Å². The highest BCUT2D eigenvalue weighted by Crippen LogP contribution is 2.35. The molecule has 0 unspecified atom stereocenters. The molecule has 79 heavy (non-hydrogen) atoms. The number of methoxy groups -OCH3 is 1. The van der Waals surface area contributed by atoms with Crippen molar-refractivity contribution >= 4 is 91.9 Å². The third-order valence-electron chi connectivity index (χ3n) is 14.0. The van der Waals surface area contributed by atoms with Gasteiger partial charge in [-0.3, -0.25) is 33.3 Å². The van der Waals surface area contributed by atoms with Gasteiger partial charge < -0.3 is 51.2 Å². The second kappa shape index (κ2) is 25.0. The van der Waals surface area contributed by atoms with Gasteiger partial charge in [-0.05, 0) is 72.7 Å². The van der Waals surface area contributed by atoms with Crippen molar-refractivity contribution in [2.75, 3.05) is 44.9 Å². The van der Waals surface area contributed by atoms with E-state index in [1.54, 1.807) is 66.6 Å². The number of β-amino-alcohol motifs (C(OH)–C–C–N with tert-alkyl or cyclic N) is 1. The topological polar surface area (TPSA) is 258 Å². The number of hydrogen-bond acceptors (Lipinski definition) is 14. The highest BCUT2D eigenvalue weighted by atomic mass is 32.1. The number of H-pyrrole nitrogens is 1. The van der Waals surface area contributed by atoms with Gasteiger partial charge in [-0.15, -0.1) is 11.3 Å². The second-order valence-electron chi connectivity index (χ2n) is 20.8. The Morgan fingerprint density at radius 1 is 0.949 bits per heavy atom. The van der Waals surface area contributed by atoms with Crippen LogP contribution in [0.2, 0.25) is 0 Å². The fourth-order valence-electron chi connectivity index (χ4n) is 9.63. The molecular formula is C57H67FN12O8S. The van der Waals surface area contributed by atoms with Gasteiger partial charge in [-0.1, -0.05) is 70.4 Å². The van der Waals surface area contributed by atoms with E-state index in [0.717, 1.165) is 41.0 Å². The summed E-state index contributed by atoms with van der Waals surface area (Å²) in [5, 5.41) is 26.5. The van der Waals surface area contributed by atoms with Crippen molar-refractivity contribution in [1.82, 2.24) is 50.3 Å². The van der Waals surface area contributed by atoms with E-state index in [1.165, 1.54) is 40.7 Å². The number of aryl methyl sites for hydroxylation is 1. The first-order valence-electron chi connectivity index (χ1n) is 26.2. The lowest BCUT2D eigenvalue weighted by molar-refractivity contribution is -0.144. The molecule has 7 aromatic rings. The lowest BCUT2D eigenvalue weighted by Gasteiger charge is -2.35. The van der Waals surface area contributed by atoms with Crippen molar-refractivity contribution in [3.8, 4) is 16.2 Å². The molecule has 20 nitrogen and oxygen atoms in total. The highest BCUT2D eigenvalue weighted by molar-refractivity contribution is 7.13. The number of likely N-dealkylation sites (N-methyl/N-ethyl adjacent to an activating group) is 1. The number of nitrogens with one attached hydrogen (secondary N) is 6. The van der Waals surface area contributed by atoms with E-state index < -0.39 is 41.2 Å². The predicted molar refractivity (Wildman–Crippen MR) is 301 cm³/mol. The molecule has 5 amide bonds. The molecule has 22 heteroatoms. The van der Waals surface area contributed by atoms with Crippen LogP contribution in [-0.4, -0.2) is 127 Å². The number of carbonyl (C=O) groups is 6. The molecule has 5 heterocycles. The molecular weight excluding hydrogens is 1030 g/mol. The molecule has 1 fully saturated rings. The Morgan fingerprint density at radius 2 is 1.70 bits per heavy atom. The number of aliphatic hydroxyl groups excluding tert-OH is 1. The number of aromatic nitrogens is 5. The van der Waals surface area contributed by atoms with E-state index in [0.29, 0.717) is 46.2 Å². The number of thiazole rings is 1. The molecule has 3 aromatic carbocycles. The van der Waals surface area contributed by atoms with Crippen LogP contribution in [0.25, 0.3) is 32.4 Å². The number of rotatable bonds is 22. The number of benzene rings is 3. The number of likely N-dealkylation sites (tertiary alicyclic amines) is 1. The summed E-state index contributed by atoms with van der Waals surface area (Å²) in [5.74, 6) is -2.09. The van der Waals surface area contributed by atoms with Crippen molar-refractivity contribution in [2.24, 2.45) is 5.41 Å². The average molecular weight is 1100 g/mol. The zero-order valence-corrected chi connectivity index (χ0v) is 46.2. The average Bonchev–Trinajstić information content (AvgIpc) is 4.34. The largest absolute Gasteiger partial charge is 0.495 e. The number of hydrogen-bond donors (Lipinski definition) is 7. The molecule has 7 N–H and O–H groups in total. The van der Waals surface area contributed by atoms with E-state index in [4.69, 9.17) is 4.74 Å². The summed E-state index contributed by atoms with van der Waals surface area (Å²) in [5.41, 5.74) is 5.42. The molecule has 1 aliphatic rings. The number of anilines is 4. The number of amides is 5. The number of carbonyl (C=O) groups excluding carboxylic acids is 6. The van der Waals surface area contributed by atoms with Gasteiger partial charge in [0.1, 0.15) is 41.7 Å². The van der Waals surface area contributed by atoms with Crippen molar-refractivity contribution in [2.45, 2.75) is 104 Å². The Kier molecular flexibility index (Phi) is 18.1. The van der Waals surface area contributed by atoms with Crippen LogP contribution in [0, 0.1) is 18.2 Å². The number of nitrogens with zero attached hydrogens (tertiary/aromatic N) is 6. The monoisotopic (exact) mass is 1100 g/mol.